The second kappa shape index (κ2) is 6.16. The molecular formula is C13H22N4O2. The van der Waals surface area contributed by atoms with Crippen LogP contribution in [0, 0.1) is 0 Å². The quantitative estimate of drug-likeness (QED) is 0.824. The van der Waals surface area contributed by atoms with Gasteiger partial charge in [0.05, 0.1) is 17.9 Å². The fraction of sp³-hybridized carbons (Fsp3) is 0.692. The number of aromatic nitrogens is 2. The van der Waals surface area contributed by atoms with Gasteiger partial charge in [-0.1, -0.05) is 6.92 Å². The number of aryl methyl sites for hydroxylation is 2. The molecule has 1 fully saturated rings. The first-order valence-electron chi connectivity index (χ1n) is 6.76. The van der Waals surface area contributed by atoms with Crippen molar-refractivity contribution in [2.75, 3.05) is 32.7 Å². The lowest BCUT2D eigenvalue weighted by molar-refractivity contribution is -0.138. The van der Waals surface area contributed by atoms with Gasteiger partial charge < -0.3 is 5.11 Å². The molecule has 0 aromatic carbocycles. The summed E-state index contributed by atoms with van der Waals surface area (Å²) < 4.78 is 1.95. The number of piperazine rings is 1. The monoisotopic (exact) mass is 266 g/mol. The molecule has 2 heterocycles. The molecule has 0 bridgehead atoms. The molecule has 1 aromatic rings. The summed E-state index contributed by atoms with van der Waals surface area (Å²) in [5, 5.41) is 13.2. The lowest BCUT2D eigenvalue weighted by Crippen LogP contribution is -2.47. The van der Waals surface area contributed by atoms with Gasteiger partial charge in [0, 0.05) is 39.8 Å². The normalized spacial score (nSPS) is 17.8. The highest BCUT2D eigenvalue weighted by Gasteiger charge is 2.19. The van der Waals surface area contributed by atoms with Gasteiger partial charge in [0.2, 0.25) is 0 Å². The zero-order chi connectivity index (χ0) is 13.8. The van der Waals surface area contributed by atoms with Gasteiger partial charge >= 0.3 is 5.97 Å². The average molecular weight is 266 g/mol. The van der Waals surface area contributed by atoms with Crippen molar-refractivity contribution in [3.05, 3.63) is 17.5 Å². The average Bonchev–Trinajstić information content (AvgIpc) is 2.72. The van der Waals surface area contributed by atoms with Gasteiger partial charge in [-0.15, -0.1) is 0 Å². The number of rotatable bonds is 5. The van der Waals surface area contributed by atoms with Crippen LogP contribution in [0.3, 0.4) is 0 Å². The molecule has 1 aliphatic heterocycles. The first-order chi connectivity index (χ1) is 9.08. The molecule has 0 saturated carbocycles. The summed E-state index contributed by atoms with van der Waals surface area (Å²) in [5.74, 6) is -0.743. The van der Waals surface area contributed by atoms with E-state index in [1.54, 1.807) is 0 Å². The van der Waals surface area contributed by atoms with Crippen molar-refractivity contribution in [2.24, 2.45) is 7.05 Å². The largest absolute Gasteiger partial charge is 0.480 e. The summed E-state index contributed by atoms with van der Waals surface area (Å²) in [6.07, 6.45) is 0.959. The highest BCUT2D eigenvalue weighted by molar-refractivity contribution is 5.69. The second-order valence-electron chi connectivity index (χ2n) is 5.05. The maximum absolute atomic E-state index is 10.7. The summed E-state index contributed by atoms with van der Waals surface area (Å²) in [6.45, 7) is 6.64. The van der Waals surface area contributed by atoms with Crippen LogP contribution in [0.2, 0.25) is 0 Å². The fourth-order valence-corrected chi connectivity index (χ4v) is 2.42. The highest BCUT2D eigenvalue weighted by Crippen LogP contribution is 2.10. The van der Waals surface area contributed by atoms with Crippen LogP contribution in [-0.2, 0) is 24.8 Å². The van der Waals surface area contributed by atoms with E-state index in [1.807, 2.05) is 16.6 Å². The van der Waals surface area contributed by atoms with Gasteiger partial charge in [-0.2, -0.15) is 5.10 Å². The van der Waals surface area contributed by atoms with Crippen LogP contribution in [0.1, 0.15) is 18.3 Å². The molecule has 1 saturated heterocycles. The third-order valence-electron chi connectivity index (χ3n) is 3.60. The van der Waals surface area contributed by atoms with E-state index in [9.17, 15) is 4.79 Å². The molecule has 0 radical (unpaired) electrons. The Balaban J connectivity index is 1.85. The molecule has 6 nitrogen and oxygen atoms in total. The van der Waals surface area contributed by atoms with Gasteiger partial charge in [-0.05, 0) is 12.5 Å². The van der Waals surface area contributed by atoms with E-state index in [-0.39, 0.29) is 6.54 Å². The van der Waals surface area contributed by atoms with Gasteiger partial charge in [-0.25, -0.2) is 0 Å². The van der Waals surface area contributed by atoms with E-state index < -0.39 is 5.97 Å². The number of carbonyl (C=O) groups is 1. The molecule has 2 rings (SSSR count). The number of aliphatic carboxylic acids is 1. The zero-order valence-corrected chi connectivity index (χ0v) is 11.7. The van der Waals surface area contributed by atoms with E-state index in [1.165, 1.54) is 5.69 Å². The Hall–Kier alpha value is -1.40. The van der Waals surface area contributed by atoms with Crippen molar-refractivity contribution in [2.45, 2.75) is 19.9 Å². The van der Waals surface area contributed by atoms with Gasteiger partial charge in [0.15, 0.2) is 0 Å². The number of carboxylic acids is 1. The molecule has 0 unspecified atom stereocenters. The molecule has 106 valence electrons. The molecule has 1 aromatic heterocycles. The van der Waals surface area contributed by atoms with Crippen LogP contribution < -0.4 is 0 Å². The van der Waals surface area contributed by atoms with E-state index in [4.69, 9.17) is 5.11 Å². The van der Waals surface area contributed by atoms with E-state index in [2.05, 4.69) is 23.0 Å². The van der Waals surface area contributed by atoms with Crippen molar-refractivity contribution in [1.29, 1.82) is 0 Å². The predicted octanol–water partition coefficient (Wildman–Crippen LogP) is 0.185. The van der Waals surface area contributed by atoms with E-state index in [0.717, 1.165) is 44.8 Å². The fourth-order valence-electron chi connectivity index (χ4n) is 2.42. The Bertz CT molecular complexity index is 436. The summed E-state index contributed by atoms with van der Waals surface area (Å²) in [4.78, 5) is 15.0. The first kappa shape index (κ1) is 14.0. The molecule has 1 aliphatic rings. The molecule has 0 aliphatic carbocycles. The Morgan fingerprint density at radius 2 is 1.95 bits per heavy atom. The van der Waals surface area contributed by atoms with Crippen molar-refractivity contribution < 1.29 is 9.90 Å². The van der Waals surface area contributed by atoms with Gasteiger partial charge in [0.25, 0.3) is 0 Å². The Kier molecular flexibility index (Phi) is 4.55. The number of hydrogen-bond acceptors (Lipinski definition) is 4. The Morgan fingerprint density at radius 3 is 2.47 bits per heavy atom. The Morgan fingerprint density at radius 1 is 1.32 bits per heavy atom. The molecule has 0 atom stereocenters. The molecule has 0 amide bonds. The smallest absolute Gasteiger partial charge is 0.317 e. The lowest BCUT2D eigenvalue weighted by atomic mass is 10.2. The zero-order valence-electron chi connectivity index (χ0n) is 11.7. The van der Waals surface area contributed by atoms with Crippen LogP contribution >= 0.6 is 0 Å². The summed E-state index contributed by atoms with van der Waals surface area (Å²) in [7, 11) is 1.98. The van der Waals surface area contributed by atoms with Crippen molar-refractivity contribution in [1.82, 2.24) is 19.6 Å². The van der Waals surface area contributed by atoms with Crippen LogP contribution in [-0.4, -0.2) is 63.4 Å². The minimum absolute atomic E-state index is 0.152. The molecule has 0 spiro atoms. The summed E-state index contributed by atoms with van der Waals surface area (Å²) >= 11 is 0. The number of nitrogens with zero attached hydrogens (tertiary/aromatic N) is 4. The predicted molar refractivity (Wildman–Crippen MR) is 71.9 cm³/mol. The molecular weight excluding hydrogens is 244 g/mol. The van der Waals surface area contributed by atoms with Gasteiger partial charge in [0.1, 0.15) is 0 Å². The molecule has 1 N–H and O–H groups in total. The third kappa shape index (κ3) is 3.78. The maximum Gasteiger partial charge on any atom is 0.317 e. The minimum atomic E-state index is -0.743. The summed E-state index contributed by atoms with van der Waals surface area (Å²) in [6, 6.07) is 2.16. The first-order valence-corrected chi connectivity index (χ1v) is 6.76. The van der Waals surface area contributed by atoms with Crippen molar-refractivity contribution >= 4 is 5.97 Å². The van der Waals surface area contributed by atoms with Crippen LogP contribution in [0.4, 0.5) is 0 Å². The third-order valence-corrected chi connectivity index (χ3v) is 3.60. The molecule has 6 heteroatoms. The minimum Gasteiger partial charge on any atom is -0.480 e. The van der Waals surface area contributed by atoms with Crippen LogP contribution in [0.15, 0.2) is 6.07 Å². The van der Waals surface area contributed by atoms with Crippen molar-refractivity contribution in [3.63, 3.8) is 0 Å². The number of hydrogen-bond donors (Lipinski definition) is 1. The standard InChI is InChI=1S/C13H22N4O2/c1-3-11-8-12(15(2)14-11)9-16-4-6-17(7-5-16)10-13(18)19/h8H,3-7,9-10H2,1-2H3,(H,18,19). The Labute approximate surface area is 113 Å². The maximum atomic E-state index is 10.7. The van der Waals surface area contributed by atoms with Crippen molar-refractivity contribution in [3.8, 4) is 0 Å². The van der Waals surface area contributed by atoms with Crippen LogP contribution in [0.25, 0.3) is 0 Å². The second-order valence-corrected chi connectivity index (χ2v) is 5.05. The van der Waals surface area contributed by atoms with Gasteiger partial charge in [-0.3, -0.25) is 19.3 Å². The summed E-state index contributed by atoms with van der Waals surface area (Å²) in [5.41, 5.74) is 2.35. The SMILES string of the molecule is CCc1cc(CN2CCN(CC(=O)O)CC2)n(C)n1. The lowest BCUT2D eigenvalue weighted by Gasteiger charge is -2.33. The number of carboxylic acid groups (broad SMARTS) is 1. The topological polar surface area (TPSA) is 61.6 Å². The molecule has 19 heavy (non-hydrogen) atoms. The highest BCUT2D eigenvalue weighted by atomic mass is 16.4. The van der Waals surface area contributed by atoms with E-state index >= 15 is 0 Å². The van der Waals surface area contributed by atoms with Crippen LogP contribution in [0.5, 0.6) is 0 Å². The van der Waals surface area contributed by atoms with E-state index in [0.29, 0.717) is 0 Å².